The van der Waals surface area contributed by atoms with Gasteiger partial charge < -0.3 is 59.6 Å². The normalized spacial score (nSPS) is 13.3. The zero-order chi connectivity index (χ0) is 50.0. The maximum absolute atomic E-state index is 14.1. The average Bonchev–Trinajstić information content (AvgIpc) is 3.78. The van der Waals surface area contributed by atoms with E-state index < -0.39 is 66.2 Å². The van der Waals surface area contributed by atoms with Gasteiger partial charge in [0.25, 0.3) is 0 Å². The number of nitrogens with one attached hydrogen (secondary N) is 6. The largest absolute Gasteiger partial charge is 0.481 e. The van der Waals surface area contributed by atoms with Crippen LogP contribution < -0.4 is 49.5 Å². The summed E-state index contributed by atoms with van der Waals surface area (Å²) in [6.07, 6.45) is 18.3. The highest BCUT2D eigenvalue weighted by Gasteiger charge is 2.33. The van der Waals surface area contributed by atoms with Crippen LogP contribution in [0.5, 0.6) is 0 Å². The molecular weight excluding hydrogens is 863 g/mol. The zero-order valence-electron chi connectivity index (χ0n) is 40.5. The van der Waals surface area contributed by atoms with Gasteiger partial charge in [0.05, 0.1) is 12.4 Å². The number of aliphatic carboxylic acids is 1. The standard InChI is InChI=1S/C46H83N13O8/c1-5-6-7-8-9-10-11-12-13-14-15-16-17-22-39(61)55-37(27-31(2)3)43(66)58-36(23-24-40(62)63)42(65)57-35(21-19-26-53-46(49)50)41(64)59-38(28-33-29-51-30-54-33)44(67)56-34(32(4)60)20-18-25-52-45(47)48/h29-31,34-38H,5-28H2,1-4H3,(H,51,54)(H,55,61)(H,56,67)(H,57,65)(H,58,66)(H,59,64)(H,62,63)(H4,47,48,52)(H4,49,50,53)/t34-,35-,36-,37-,38-/m0/s1. The van der Waals surface area contributed by atoms with Crippen LogP contribution in [0.4, 0.5) is 0 Å². The third-order valence-electron chi connectivity index (χ3n) is 11.1. The molecule has 0 aliphatic carbocycles. The number of aliphatic imine (C=N–C) groups is 2. The van der Waals surface area contributed by atoms with Gasteiger partial charge in [0.1, 0.15) is 24.2 Å². The summed E-state index contributed by atoms with van der Waals surface area (Å²) in [4.78, 5) is 108. The van der Waals surface area contributed by atoms with E-state index in [0.717, 1.165) is 19.3 Å². The molecule has 0 unspecified atom stereocenters. The minimum absolute atomic E-state index is 0.0284. The number of carbonyl (C=O) groups excluding carboxylic acids is 6. The predicted molar refractivity (Wildman–Crippen MR) is 259 cm³/mol. The first-order valence-corrected chi connectivity index (χ1v) is 24.2. The number of nitrogens with two attached hydrogens (primary N) is 4. The summed E-state index contributed by atoms with van der Waals surface area (Å²) >= 11 is 0. The number of hydrogen-bond acceptors (Lipinski definition) is 10. The molecule has 5 atom stereocenters. The first-order valence-electron chi connectivity index (χ1n) is 24.2. The van der Waals surface area contributed by atoms with Gasteiger partial charge in [-0.15, -0.1) is 0 Å². The number of rotatable bonds is 39. The number of carboxylic acid groups (broad SMARTS) is 1. The maximum Gasteiger partial charge on any atom is 0.303 e. The second-order valence-corrected chi connectivity index (χ2v) is 17.7. The fourth-order valence-corrected chi connectivity index (χ4v) is 7.38. The smallest absolute Gasteiger partial charge is 0.303 e. The lowest BCUT2D eigenvalue weighted by Crippen LogP contribution is -2.59. The lowest BCUT2D eigenvalue weighted by molar-refractivity contribution is -0.138. The number of imidazole rings is 1. The first kappa shape index (κ1) is 59.3. The third-order valence-corrected chi connectivity index (χ3v) is 11.1. The van der Waals surface area contributed by atoms with Crippen molar-refractivity contribution in [2.75, 3.05) is 13.1 Å². The van der Waals surface area contributed by atoms with E-state index >= 15 is 0 Å². The lowest BCUT2D eigenvalue weighted by Gasteiger charge is -2.27. The van der Waals surface area contributed by atoms with Crippen LogP contribution in [0.1, 0.15) is 168 Å². The van der Waals surface area contributed by atoms with Gasteiger partial charge in [-0.25, -0.2) is 4.98 Å². The van der Waals surface area contributed by atoms with E-state index in [1.165, 1.54) is 77.2 Å². The van der Waals surface area contributed by atoms with Crippen molar-refractivity contribution in [3.63, 3.8) is 0 Å². The number of carbonyl (C=O) groups is 7. The number of nitrogens with zero attached hydrogens (tertiary/aromatic N) is 3. The fraction of sp³-hybridized carbons (Fsp3) is 0.739. The summed E-state index contributed by atoms with van der Waals surface area (Å²) in [7, 11) is 0. The molecule has 0 bridgehead atoms. The molecule has 1 aromatic rings. The first-order chi connectivity index (χ1) is 31.9. The summed E-state index contributed by atoms with van der Waals surface area (Å²) < 4.78 is 0. The van der Waals surface area contributed by atoms with E-state index in [-0.39, 0.29) is 87.6 Å². The number of Topliss-reactive ketones (excluding diaryl/α,β-unsaturated/α-hetero) is 1. The van der Waals surface area contributed by atoms with Crippen LogP contribution in [0.3, 0.4) is 0 Å². The molecule has 1 aromatic heterocycles. The Bertz CT molecular complexity index is 1680. The summed E-state index contributed by atoms with van der Waals surface area (Å²) in [5, 5.41) is 23.0. The van der Waals surface area contributed by atoms with Gasteiger partial charge in [-0.1, -0.05) is 97.8 Å². The molecule has 21 heteroatoms. The van der Waals surface area contributed by atoms with Crippen LogP contribution in [0.25, 0.3) is 0 Å². The van der Waals surface area contributed by atoms with E-state index in [0.29, 0.717) is 18.5 Å². The molecule has 0 aromatic carbocycles. The van der Waals surface area contributed by atoms with Gasteiger partial charge in [0.2, 0.25) is 29.5 Å². The Balaban J connectivity index is 3.13. The molecule has 15 N–H and O–H groups in total. The second-order valence-electron chi connectivity index (χ2n) is 17.7. The predicted octanol–water partition coefficient (Wildman–Crippen LogP) is 2.46. The number of hydrogen-bond donors (Lipinski definition) is 11. The molecular formula is C46H83N13O8. The summed E-state index contributed by atoms with van der Waals surface area (Å²) in [5.74, 6) is -5.25. The third kappa shape index (κ3) is 29.5. The van der Waals surface area contributed by atoms with E-state index in [4.69, 9.17) is 22.9 Å². The van der Waals surface area contributed by atoms with Crippen molar-refractivity contribution >= 4 is 53.2 Å². The molecule has 0 fully saturated rings. The van der Waals surface area contributed by atoms with Crippen LogP contribution in [-0.2, 0) is 40.0 Å². The number of guanidine groups is 2. The Labute approximate surface area is 396 Å². The monoisotopic (exact) mass is 946 g/mol. The Kier molecular flexibility index (Phi) is 31.3. The lowest BCUT2D eigenvalue weighted by atomic mass is 10.0. The van der Waals surface area contributed by atoms with Crippen LogP contribution in [0, 0.1) is 5.92 Å². The van der Waals surface area contributed by atoms with Crippen molar-refractivity contribution in [1.82, 2.24) is 36.6 Å². The highest BCUT2D eigenvalue weighted by Crippen LogP contribution is 2.14. The van der Waals surface area contributed by atoms with Gasteiger partial charge in [-0.3, -0.25) is 43.5 Å². The Morgan fingerprint density at radius 3 is 1.51 bits per heavy atom. The van der Waals surface area contributed by atoms with Crippen molar-refractivity contribution in [1.29, 1.82) is 0 Å². The molecule has 0 aliphatic heterocycles. The summed E-state index contributed by atoms with van der Waals surface area (Å²) in [6, 6.07) is -5.98. The van der Waals surface area contributed by atoms with E-state index in [9.17, 15) is 38.7 Å². The molecule has 0 radical (unpaired) electrons. The van der Waals surface area contributed by atoms with Gasteiger partial charge in [-0.2, -0.15) is 0 Å². The number of amides is 5. The molecule has 67 heavy (non-hydrogen) atoms. The minimum atomic E-state index is -1.43. The van der Waals surface area contributed by atoms with Gasteiger partial charge >= 0.3 is 5.97 Å². The number of aromatic nitrogens is 2. The summed E-state index contributed by atoms with van der Waals surface area (Å²) in [5.41, 5.74) is 22.3. The van der Waals surface area contributed by atoms with Crippen LogP contribution in [0.15, 0.2) is 22.5 Å². The Morgan fingerprint density at radius 1 is 0.597 bits per heavy atom. The second kappa shape index (κ2) is 35.4. The van der Waals surface area contributed by atoms with Crippen molar-refractivity contribution in [3.8, 4) is 0 Å². The van der Waals surface area contributed by atoms with Gasteiger partial charge in [0.15, 0.2) is 17.7 Å². The van der Waals surface area contributed by atoms with Gasteiger partial charge in [-0.05, 0) is 57.8 Å². The van der Waals surface area contributed by atoms with Crippen LogP contribution >= 0.6 is 0 Å². The summed E-state index contributed by atoms with van der Waals surface area (Å²) in [6.45, 7) is 7.60. The SMILES string of the molecule is CCCCCCCCCCCCCCCC(=O)N[C@@H](CC(C)C)C(=O)N[C@@H](CCC(=O)O)C(=O)N[C@@H](CCCN=C(N)N)C(=O)N[C@@H](Cc1cnc[nH]1)C(=O)N[C@@H](CCCN=C(N)N)C(C)=O. The zero-order valence-corrected chi connectivity index (χ0v) is 40.5. The molecule has 5 amide bonds. The van der Waals surface area contributed by atoms with E-state index in [2.05, 4.69) is 53.5 Å². The molecule has 380 valence electrons. The molecule has 1 heterocycles. The number of H-pyrrole nitrogens is 1. The molecule has 1 rings (SSSR count). The van der Waals surface area contributed by atoms with Crippen molar-refractivity contribution < 1.29 is 38.7 Å². The molecule has 0 saturated heterocycles. The van der Waals surface area contributed by atoms with Gasteiger partial charge in [0, 0.05) is 44.2 Å². The van der Waals surface area contributed by atoms with Crippen molar-refractivity contribution in [3.05, 3.63) is 18.2 Å². The Hall–Kier alpha value is -5.76. The van der Waals surface area contributed by atoms with Crippen molar-refractivity contribution in [2.24, 2.45) is 38.8 Å². The minimum Gasteiger partial charge on any atom is -0.481 e. The molecule has 0 saturated carbocycles. The van der Waals surface area contributed by atoms with Crippen LogP contribution in [-0.4, -0.2) is 112 Å². The maximum atomic E-state index is 14.1. The fourth-order valence-electron chi connectivity index (χ4n) is 7.38. The quantitative estimate of drug-likeness (QED) is 0.0257. The number of ketones is 1. The number of carboxylic acids is 1. The number of unbranched alkanes of at least 4 members (excludes halogenated alkanes) is 12. The average molecular weight is 946 g/mol. The van der Waals surface area contributed by atoms with E-state index in [1.54, 1.807) is 0 Å². The highest BCUT2D eigenvalue weighted by atomic mass is 16.4. The number of aromatic amines is 1. The van der Waals surface area contributed by atoms with E-state index in [1.807, 2.05) is 13.8 Å². The van der Waals surface area contributed by atoms with Crippen LogP contribution in [0.2, 0.25) is 0 Å². The molecule has 21 nitrogen and oxygen atoms in total. The molecule has 0 aliphatic rings. The molecule has 0 spiro atoms. The highest BCUT2D eigenvalue weighted by molar-refractivity contribution is 5.96. The Morgan fingerprint density at radius 2 is 1.04 bits per heavy atom. The topological polar surface area (TPSA) is 357 Å². The van der Waals surface area contributed by atoms with Crippen molar-refractivity contribution in [2.45, 2.75) is 199 Å².